The number of nitrogens with zero attached hydrogens (tertiary/aromatic N) is 1. The molecule has 0 radical (unpaired) electrons. The van der Waals surface area contributed by atoms with Crippen LogP contribution in [0.2, 0.25) is 0 Å². The second kappa shape index (κ2) is 8.14. The molecular formula is C17H34N2O2. The molecule has 0 bridgehead atoms. The zero-order chi connectivity index (χ0) is 16.0. The first-order chi connectivity index (χ1) is 9.69. The molecular weight excluding hydrogens is 264 g/mol. The van der Waals surface area contributed by atoms with Crippen molar-refractivity contribution in [2.75, 3.05) is 13.1 Å². The van der Waals surface area contributed by atoms with Crippen molar-refractivity contribution >= 4 is 5.91 Å². The fraction of sp³-hybridized carbons (Fsp3) is 0.941. The van der Waals surface area contributed by atoms with E-state index in [0.717, 1.165) is 18.8 Å². The maximum atomic E-state index is 12.5. The van der Waals surface area contributed by atoms with Gasteiger partial charge in [-0.3, -0.25) is 4.79 Å². The highest BCUT2D eigenvalue weighted by Gasteiger charge is 2.34. The van der Waals surface area contributed by atoms with Gasteiger partial charge in [-0.05, 0) is 33.1 Å². The summed E-state index contributed by atoms with van der Waals surface area (Å²) in [4.78, 5) is 14.2. The minimum Gasteiger partial charge on any atom is -0.389 e. The Morgan fingerprint density at radius 3 is 2.24 bits per heavy atom. The lowest BCUT2D eigenvalue weighted by atomic mass is 9.98. The van der Waals surface area contributed by atoms with E-state index < -0.39 is 0 Å². The highest BCUT2D eigenvalue weighted by Crippen LogP contribution is 2.16. The summed E-state index contributed by atoms with van der Waals surface area (Å²) in [6.45, 7) is 11.8. The Bertz CT molecular complexity index is 317. The van der Waals surface area contributed by atoms with E-state index in [1.54, 1.807) is 4.90 Å². The monoisotopic (exact) mass is 298 g/mol. The standard InChI is InChI=1S/C17H34N2O2/c1-13(2)9-7-6-8-10-15(18-17(3,4)5)16(21)19-11-14(20)12-19/h13-15,18,20H,6-12H2,1-5H3. The smallest absolute Gasteiger partial charge is 0.239 e. The van der Waals surface area contributed by atoms with E-state index in [-0.39, 0.29) is 23.6 Å². The molecule has 1 rings (SSSR count). The molecule has 1 amide bonds. The van der Waals surface area contributed by atoms with Crippen LogP contribution in [-0.4, -0.2) is 46.7 Å². The van der Waals surface area contributed by atoms with E-state index in [1.807, 2.05) is 0 Å². The topological polar surface area (TPSA) is 52.6 Å². The molecule has 2 N–H and O–H groups in total. The number of β-amino-alcohol motifs (C(OH)–C–C–N with tert-alkyl or cyclic N) is 1. The molecule has 21 heavy (non-hydrogen) atoms. The fourth-order valence-corrected chi connectivity index (χ4v) is 2.71. The highest BCUT2D eigenvalue weighted by molar-refractivity contribution is 5.82. The zero-order valence-corrected chi connectivity index (χ0v) is 14.5. The quantitative estimate of drug-likeness (QED) is 0.677. The SMILES string of the molecule is CC(C)CCCCCC(NC(C)(C)C)C(=O)N1CC(O)C1. The lowest BCUT2D eigenvalue weighted by Crippen LogP contribution is -2.60. The molecule has 0 aromatic heterocycles. The molecule has 0 aromatic carbocycles. The van der Waals surface area contributed by atoms with Crippen LogP contribution in [0.3, 0.4) is 0 Å². The third kappa shape index (κ3) is 7.28. The molecule has 1 aliphatic rings. The number of carbonyl (C=O) groups is 1. The third-order valence-electron chi connectivity index (χ3n) is 3.85. The Labute approximate surface area is 130 Å². The lowest BCUT2D eigenvalue weighted by molar-refractivity contribution is -0.144. The van der Waals surface area contributed by atoms with Crippen LogP contribution in [0, 0.1) is 5.92 Å². The summed E-state index contributed by atoms with van der Waals surface area (Å²) >= 11 is 0. The second-order valence-corrected chi connectivity index (χ2v) is 7.88. The van der Waals surface area contributed by atoms with Gasteiger partial charge in [0.15, 0.2) is 0 Å². The van der Waals surface area contributed by atoms with Gasteiger partial charge in [-0.25, -0.2) is 0 Å². The number of amides is 1. The molecule has 1 unspecified atom stereocenters. The van der Waals surface area contributed by atoms with Crippen molar-refractivity contribution in [2.24, 2.45) is 5.92 Å². The number of likely N-dealkylation sites (tertiary alicyclic amines) is 1. The number of carbonyl (C=O) groups excluding carboxylic acids is 1. The van der Waals surface area contributed by atoms with Crippen molar-refractivity contribution in [1.82, 2.24) is 10.2 Å². The van der Waals surface area contributed by atoms with Crippen molar-refractivity contribution in [3.05, 3.63) is 0 Å². The fourth-order valence-electron chi connectivity index (χ4n) is 2.71. The summed E-state index contributed by atoms with van der Waals surface area (Å²) in [5.41, 5.74) is -0.0677. The normalized spacial score (nSPS) is 18.0. The summed E-state index contributed by atoms with van der Waals surface area (Å²) < 4.78 is 0. The number of hydrogen-bond acceptors (Lipinski definition) is 3. The average molecular weight is 298 g/mol. The van der Waals surface area contributed by atoms with Crippen molar-refractivity contribution in [1.29, 1.82) is 0 Å². The molecule has 124 valence electrons. The molecule has 4 heteroatoms. The van der Waals surface area contributed by atoms with Crippen LogP contribution in [-0.2, 0) is 4.79 Å². The minimum absolute atomic E-state index is 0.0677. The van der Waals surface area contributed by atoms with E-state index in [9.17, 15) is 9.90 Å². The molecule has 0 spiro atoms. The van der Waals surface area contributed by atoms with Gasteiger partial charge in [0, 0.05) is 18.6 Å². The van der Waals surface area contributed by atoms with Crippen LogP contribution in [0.15, 0.2) is 0 Å². The Morgan fingerprint density at radius 1 is 1.19 bits per heavy atom. The maximum Gasteiger partial charge on any atom is 0.239 e. The van der Waals surface area contributed by atoms with Gasteiger partial charge < -0.3 is 15.3 Å². The molecule has 1 heterocycles. The molecule has 0 aliphatic carbocycles. The number of aliphatic hydroxyl groups is 1. The van der Waals surface area contributed by atoms with Gasteiger partial charge in [-0.2, -0.15) is 0 Å². The average Bonchev–Trinajstić information content (AvgIpc) is 2.30. The van der Waals surface area contributed by atoms with Gasteiger partial charge in [-0.1, -0.05) is 39.5 Å². The number of unbranched alkanes of at least 4 members (excludes halogenated alkanes) is 2. The van der Waals surface area contributed by atoms with Gasteiger partial charge >= 0.3 is 0 Å². The van der Waals surface area contributed by atoms with Crippen LogP contribution < -0.4 is 5.32 Å². The summed E-state index contributed by atoms with van der Waals surface area (Å²) in [5, 5.41) is 12.8. The van der Waals surface area contributed by atoms with Crippen LogP contribution >= 0.6 is 0 Å². The molecule has 1 aliphatic heterocycles. The van der Waals surface area contributed by atoms with E-state index in [0.29, 0.717) is 13.1 Å². The van der Waals surface area contributed by atoms with Gasteiger partial charge in [-0.15, -0.1) is 0 Å². The van der Waals surface area contributed by atoms with Crippen LogP contribution in [0.5, 0.6) is 0 Å². The first kappa shape index (κ1) is 18.4. The molecule has 0 saturated carbocycles. The Kier molecular flexibility index (Phi) is 7.14. The summed E-state index contributed by atoms with van der Waals surface area (Å²) in [6.07, 6.45) is 5.36. The first-order valence-electron chi connectivity index (χ1n) is 8.43. The number of hydrogen-bond donors (Lipinski definition) is 2. The van der Waals surface area contributed by atoms with Crippen molar-refractivity contribution in [3.8, 4) is 0 Å². The predicted molar refractivity (Wildman–Crippen MR) is 87.2 cm³/mol. The van der Waals surface area contributed by atoms with Crippen molar-refractivity contribution in [2.45, 2.75) is 84.4 Å². The van der Waals surface area contributed by atoms with Crippen molar-refractivity contribution in [3.63, 3.8) is 0 Å². The van der Waals surface area contributed by atoms with Gasteiger partial charge in [0.1, 0.15) is 0 Å². The summed E-state index contributed by atoms with van der Waals surface area (Å²) in [5.74, 6) is 0.914. The zero-order valence-electron chi connectivity index (χ0n) is 14.5. The highest BCUT2D eigenvalue weighted by atomic mass is 16.3. The van der Waals surface area contributed by atoms with E-state index in [1.165, 1.54) is 19.3 Å². The Balaban J connectivity index is 2.39. The maximum absolute atomic E-state index is 12.5. The van der Waals surface area contributed by atoms with Crippen molar-refractivity contribution < 1.29 is 9.90 Å². The molecule has 1 saturated heterocycles. The van der Waals surface area contributed by atoms with Gasteiger partial charge in [0.2, 0.25) is 5.91 Å². The van der Waals surface area contributed by atoms with Gasteiger partial charge in [0.25, 0.3) is 0 Å². The molecule has 0 aromatic rings. The number of aliphatic hydroxyl groups excluding tert-OH is 1. The van der Waals surface area contributed by atoms with E-state index in [2.05, 4.69) is 39.9 Å². The minimum atomic E-state index is -0.324. The van der Waals surface area contributed by atoms with Crippen LogP contribution in [0.1, 0.15) is 66.7 Å². The van der Waals surface area contributed by atoms with Gasteiger partial charge in [0.05, 0.1) is 12.1 Å². The summed E-state index contributed by atoms with van der Waals surface area (Å²) in [7, 11) is 0. The predicted octanol–water partition coefficient (Wildman–Crippen LogP) is 2.55. The molecule has 1 atom stereocenters. The summed E-state index contributed by atoms with van der Waals surface area (Å²) in [6, 6.07) is -0.114. The number of rotatable bonds is 8. The number of nitrogens with one attached hydrogen (secondary N) is 1. The Hall–Kier alpha value is -0.610. The third-order valence-corrected chi connectivity index (χ3v) is 3.85. The molecule has 1 fully saturated rings. The largest absolute Gasteiger partial charge is 0.389 e. The lowest BCUT2D eigenvalue weighted by Gasteiger charge is -2.39. The second-order valence-electron chi connectivity index (χ2n) is 7.88. The first-order valence-corrected chi connectivity index (χ1v) is 8.43. The van der Waals surface area contributed by atoms with Crippen LogP contribution in [0.25, 0.3) is 0 Å². The molecule has 4 nitrogen and oxygen atoms in total. The Morgan fingerprint density at radius 2 is 1.76 bits per heavy atom. The van der Waals surface area contributed by atoms with E-state index in [4.69, 9.17) is 0 Å². The van der Waals surface area contributed by atoms with Crippen LogP contribution in [0.4, 0.5) is 0 Å². The van der Waals surface area contributed by atoms with E-state index >= 15 is 0 Å².